The fourth-order valence-corrected chi connectivity index (χ4v) is 4.49. The summed E-state index contributed by atoms with van der Waals surface area (Å²) in [6.07, 6.45) is 2.37. The second kappa shape index (κ2) is 5.24. The molecule has 0 amide bonds. The Hall–Kier alpha value is -1.30. The maximum absolute atomic E-state index is 12.6. The van der Waals surface area contributed by atoms with Gasteiger partial charge in [0.15, 0.2) is 0 Å². The Balaban J connectivity index is 1.85. The fraction of sp³-hybridized carbons (Fsp3) is 0.286. The third kappa shape index (κ3) is 2.37. The second-order valence-corrected chi connectivity index (χ2v) is 7.11. The van der Waals surface area contributed by atoms with Crippen LogP contribution in [0.15, 0.2) is 52.0 Å². The summed E-state index contributed by atoms with van der Waals surface area (Å²) in [5, 5.41) is 0.258. The average Bonchev–Trinajstić information content (AvgIpc) is 3.10. The zero-order valence-electron chi connectivity index (χ0n) is 10.7. The summed E-state index contributed by atoms with van der Waals surface area (Å²) in [5.74, 6) is 0.948. The number of benzene rings is 1. The van der Waals surface area contributed by atoms with Crippen molar-refractivity contribution in [3.05, 3.63) is 53.4 Å². The molecular formula is C14H14ClNO3S. The minimum absolute atomic E-state index is 0.113. The average molecular weight is 312 g/mol. The summed E-state index contributed by atoms with van der Waals surface area (Å²) < 4.78 is 32.0. The lowest BCUT2D eigenvalue weighted by molar-refractivity contribution is 0.445. The highest BCUT2D eigenvalue weighted by molar-refractivity contribution is 7.89. The van der Waals surface area contributed by atoms with E-state index in [0.717, 1.165) is 12.2 Å². The van der Waals surface area contributed by atoms with Crippen LogP contribution in [0.2, 0.25) is 5.02 Å². The molecule has 0 saturated carbocycles. The number of nitrogens with zero attached hydrogens (tertiary/aromatic N) is 1. The van der Waals surface area contributed by atoms with Gasteiger partial charge in [0.05, 0.1) is 11.3 Å². The molecule has 0 aliphatic carbocycles. The van der Waals surface area contributed by atoms with Crippen LogP contribution in [-0.2, 0) is 10.0 Å². The molecule has 1 unspecified atom stereocenters. The van der Waals surface area contributed by atoms with E-state index in [0.29, 0.717) is 13.1 Å². The van der Waals surface area contributed by atoms with Gasteiger partial charge in [-0.2, -0.15) is 4.31 Å². The van der Waals surface area contributed by atoms with Crippen LogP contribution in [0.4, 0.5) is 0 Å². The molecule has 1 fully saturated rings. The molecule has 4 nitrogen and oxygen atoms in total. The van der Waals surface area contributed by atoms with E-state index in [1.807, 2.05) is 12.1 Å². The molecule has 1 atom stereocenters. The Morgan fingerprint density at radius 3 is 2.70 bits per heavy atom. The molecule has 2 heterocycles. The molecule has 0 radical (unpaired) electrons. The van der Waals surface area contributed by atoms with Crippen molar-refractivity contribution in [1.82, 2.24) is 4.31 Å². The molecule has 1 aromatic heterocycles. The Kier molecular flexibility index (Phi) is 3.58. The monoisotopic (exact) mass is 311 g/mol. The predicted octanol–water partition coefficient (Wildman–Crippen LogP) is 3.11. The molecule has 0 spiro atoms. The number of rotatable bonds is 3. The van der Waals surface area contributed by atoms with E-state index in [-0.39, 0.29) is 15.8 Å². The van der Waals surface area contributed by atoms with Crippen LogP contribution in [0.3, 0.4) is 0 Å². The summed E-state index contributed by atoms with van der Waals surface area (Å²) in [6.45, 7) is 0.917. The summed E-state index contributed by atoms with van der Waals surface area (Å²) in [5.41, 5.74) is 0. The summed E-state index contributed by atoms with van der Waals surface area (Å²) >= 11 is 6.00. The largest absolute Gasteiger partial charge is 0.469 e. The lowest BCUT2D eigenvalue weighted by Gasteiger charge is -2.17. The Bertz CT molecular complexity index is 697. The highest BCUT2D eigenvalue weighted by Gasteiger charge is 2.35. The normalized spacial score (nSPS) is 20.4. The number of furan rings is 1. The number of sulfonamides is 1. The molecule has 20 heavy (non-hydrogen) atoms. The number of halogens is 1. The van der Waals surface area contributed by atoms with Gasteiger partial charge in [0.2, 0.25) is 10.0 Å². The molecule has 3 rings (SSSR count). The van der Waals surface area contributed by atoms with E-state index in [9.17, 15) is 8.42 Å². The minimum atomic E-state index is -3.53. The molecule has 1 saturated heterocycles. The van der Waals surface area contributed by atoms with Crippen LogP contribution in [0.5, 0.6) is 0 Å². The van der Waals surface area contributed by atoms with E-state index in [1.54, 1.807) is 24.5 Å². The number of hydrogen-bond donors (Lipinski definition) is 0. The molecule has 1 aliphatic heterocycles. The van der Waals surface area contributed by atoms with Crippen molar-refractivity contribution in [2.45, 2.75) is 17.2 Å². The van der Waals surface area contributed by atoms with Gasteiger partial charge in [0.25, 0.3) is 0 Å². The molecule has 1 aromatic carbocycles. The molecular weight excluding hydrogens is 298 g/mol. The van der Waals surface area contributed by atoms with E-state index in [1.165, 1.54) is 10.4 Å². The molecule has 2 aromatic rings. The van der Waals surface area contributed by atoms with Crippen molar-refractivity contribution in [1.29, 1.82) is 0 Å². The highest BCUT2D eigenvalue weighted by atomic mass is 35.5. The van der Waals surface area contributed by atoms with E-state index >= 15 is 0 Å². The van der Waals surface area contributed by atoms with Gasteiger partial charge in [-0.1, -0.05) is 23.7 Å². The topological polar surface area (TPSA) is 50.5 Å². The third-order valence-electron chi connectivity index (χ3n) is 3.55. The zero-order valence-corrected chi connectivity index (χ0v) is 12.3. The van der Waals surface area contributed by atoms with Crippen molar-refractivity contribution in [3.63, 3.8) is 0 Å². The fourth-order valence-electron chi connectivity index (χ4n) is 2.50. The van der Waals surface area contributed by atoms with Crippen molar-refractivity contribution in [2.24, 2.45) is 0 Å². The first-order chi connectivity index (χ1) is 9.59. The molecule has 6 heteroatoms. The van der Waals surface area contributed by atoms with Gasteiger partial charge in [-0.15, -0.1) is 0 Å². The smallest absolute Gasteiger partial charge is 0.244 e. The van der Waals surface area contributed by atoms with Crippen LogP contribution in [0.25, 0.3) is 0 Å². The molecule has 106 valence electrons. The SMILES string of the molecule is O=S(=O)(c1ccccc1Cl)N1CCC(c2ccco2)C1. The van der Waals surface area contributed by atoms with Gasteiger partial charge in [-0.05, 0) is 30.7 Å². The van der Waals surface area contributed by atoms with Crippen LogP contribution in [-0.4, -0.2) is 25.8 Å². The maximum atomic E-state index is 12.6. The van der Waals surface area contributed by atoms with Crippen LogP contribution in [0, 0.1) is 0 Å². The molecule has 1 aliphatic rings. The lowest BCUT2D eigenvalue weighted by atomic mass is 10.1. The van der Waals surface area contributed by atoms with E-state index in [2.05, 4.69) is 0 Å². The number of hydrogen-bond acceptors (Lipinski definition) is 3. The summed E-state index contributed by atoms with van der Waals surface area (Å²) in [7, 11) is -3.53. The standard InChI is InChI=1S/C14H14ClNO3S/c15-12-4-1-2-6-14(12)20(17,18)16-8-7-11(10-16)13-5-3-9-19-13/h1-6,9,11H,7-8,10H2. The van der Waals surface area contributed by atoms with Gasteiger partial charge in [-0.3, -0.25) is 0 Å². The van der Waals surface area contributed by atoms with Gasteiger partial charge in [-0.25, -0.2) is 8.42 Å². The molecule has 0 bridgehead atoms. The highest BCUT2D eigenvalue weighted by Crippen LogP contribution is 2.33. The van der Waals surface area contributed by atoms with E-state index < -0.39 is 10.0 Å². The van der Waals surface area contributed by atoms with Gasteiger partial charge >= 0.3 is 0 Å². The predicted molar refractivity (Wildman–Crippen MR) is 76.3 cm³/mol. The minimum Gasteiger partial charge on any atom is -0.469 e. The quantitative estimate of drug-likeness (QED) is 0.875. The second-order valence-electron chi connectivity index (χ2n) is 4.79. The Morgan fingerprint density at radius 1 is 1.20 bits per heavy atom. The van der Waals surface area contributed by atoms with Crippen molar-refractivity contribution < 1.29 is 12.8 Å². The first-order valence-corrected chi connectivity index (χ1v) is 8.19. The van der Waals surface area contributed by atoms with Crippen molar-refractivity contribution in [2.75, 3.05) is 13.1 Å². The Labute approximate surface area is 123 Å². The lowest BCUT2D eigenvalue weighted by Crippen LogP contribution is -2.28. The van der Waals surface area contributed by atoms with Gasteiger partial charge in [0.1, 0.15) is 10.7 Å². The maximum Gasteiger partial charge on any atom is 0.244 e. The van der Waals surface area contributed by atoms with Crippen LogP contribution < -0.4 is 0 Å². The van der Waals surface area contributed by atoms with Crippen LogP contribution in [0.1, 0.15) is 18.1 Å². The van der Waals surface area contributed by atoms with Crippen LogP contribution >= 0.6 is 11.6 Å². The first kappa shape index (κ1) is 13.7. The van der Waals surface area contributed by atoms with Crippen molar-refractivity contribution >= 4 is 21.6 Å². The Morgan fingerprint density at radius 2 is 2.00 bits per heavy atom. The summed E-state index contributed by atoms with van der Waals surface area (Å²) in [4.78, 5) is 0.168. The molecule has 0 N–H and O–H groups in total. The summed E-state index contributed by atoms with van der Waals surface area (Å²) in [6, 6.07) is 10.2. The van der Waals surface area contributed by atoms with Gasteiger partial charge < -0.3 is 4.42 Å². The van der Waals surface area contributed by atoms with E-state index in [4.69, 9.17) is 16.0 Å². The third-order valence-corrected chi connectivity index (χ3v) is 5.92. The zero-order chi connectivity index (χ0) is 14.2. The van der Waals surface area contributed by atoms with Crippen molar-refractivity contribution in [3.8, 4) is 0 Å². The first-order valence-electron chi connectivity index (χ1n) is 6.37. The van der Waals surface area contributed by atoms with Gasteiger partial charge in [0, 0.05) is 19.0 Å².